The van der Waals surface area contributed by atoms with Gasteiger partial charge in [-0.25, -0.2) is 0 Å². The molecule has 28 heavy (non-hydrogen) atoms. The van der Waals surface area contributed by atoms with E-state index in [0.29, 0.717) is 29.5 Å². The van der Waals surface area contributed by atoms with Gasteiger partial charge in [-0.15, -0.1) is 11.8 Å². The van der Waals surface area contributed by atoms with E-state index in [1.807, 2.05) is 6.92 Å². The van der Waals surface area contributed by atoms with E-state index in [1.54, 1.807) is 37.3 Å². The highest BCUT2D eigenvalue weighted by Crippen LogP contribution is 2.15. The van der Waals surface area contributed by atoms with E-state index in [2.05, 4.69) is 10.5 Å². The SMILES string of the molecule is CCOc1ccc(C(=O)[C@@H](C)OC(=O)CSCC(=O)Nc2cc(C)on2)cc1. The molecule has 1 amide bonds. The van der Waals surface area contributed by atoms with E-state index >= 15 is 0 Å². The molecule has 0 spiro atoms. The number of ketones is 1. The monoisotopic (exact) mass is 406 g/mol. The number of hydrogen-bond donors (Lipinski definition) is 1. The molecule has 0 fully saturated rings. The maximum atomic E-state index is 12.3. The van der Waals surface area contributed by atoms with Gasteiger partial charge in [0.15, 0.2) is 11.9 Å². The Morgan fingerprint density at radius 3 is 2.54 bits per heavy atom. The summed E-state index contributed by atoms with van der Waals surface area (Å²) in [5, 5.41) is 6.20. The van der Waals surface area contributed by atoms with E-state index in [0.717, 1.165) is 11.8 Å². The van der Waals surface area contributed by atoms with Crippen LogP contribution in [-0.2, 0) is 14.3 Å². The summed E-state index contributed by atoms with van der Waals surface area (Å²) < 4.78 is 15.3. The molecule has 0 aliphatic carbocycles. The first-order chi connectivity index (χ1) is 13.4. The number of anilines is 1. The quantitative estimate of drug-likeness (QED) is 0.474. The van der Waals surface area contributed by atoms with Gasteiger partial charge in [0.1, 0.15) is 11.5 Å². The summed E-state index contributed by atoms with van der Waals surface area (Å²) in [6.45, 7) is 5.64. The topological polar surface area (TPSA) is 108 Å². The maximum Gasteiger partial charge on any atom is 0.316 e. The Kier molecular flexibility index (Phi) is 8.06. The first-order valence-electron chi connectivity index (χ1n) is 8.66. The van der Waals surface area contributed by atoms with Gasteiger partial charge in [0.05, 0.1) is 18.1 Å². The number of carbonyl (C=O) groups is 3. The number of aryl methyl sites for hydroxylation is 1. The standard InChI is InChI=1S/C19H22N2O6S/c1-4-25-15-7-5-14(6-8-15)19(24)13(3)26-18(23)11-28-10-17(22)20-16-9-12(2)27-21-16/h5-9,13H,4,10-11H2,1-3H3,(H,20,21,22)/t13-/m1/s1. The number of thioether (sulfide) groups is 1. The van der Waals surface area contributed by atoms with Crippen molar-refractivity contribution in [2.45, 2.75) is 26.9 Å². The van der Waals surface area contributed by atoms with Crippen LogP contribution in [0, 0.1) is 6.92 Å². The highest BCUT2D eigenvalue weighted by molar-refractivity contribution is 8.00. The number of Topliss-reactive ketones (excluding diaryl/α,β-unsaturated/α-hetero) is 1. The van der Waals surface area contributed by atoms with Gasteiger partial charge in [-0.05, 0) is 45.0 Å². The van der Waals surface area contributed by atoms with Crippen LogP contribution in [-0.4, -0.2) is 47.0 Å². The molecule has 0 aliphatic heterocycles. The predicted molar refractivity (Wildman–Crippen MR) is 105 cm³/mol. The van der Waals surface area contributed by atoms with Crippen molar-refractivity contribution in [3.8, 4) is 5.75 Å². The molecule has 2 rings (SSSR count). The lowest BCUT2D eigenvalue weighted by atomic mass is 10.1. The van der Waals surface area contributed by atoms with Gasteiger partial charge in [-0.1, -0.05) is 5.16 Å². The molecule has 0 unspecified atom stereocenters. The number of ether oxygens (including phenoxy) is 2. The van der Waals surface area contributed by atoms with Gasteiger partial charge in [0.2, 0.25) is 11.7 Å². The average molecular weight is 406 g/mol. The zero-order valence-corrected chi connectivity index (χ0v) is 16.7. The Balaban J connectivity index is 1.72. The second-order valence-electron chi connectivity index (χ2n) is 5.82. The van der Waals surface area contributed by atoms with E-state index in [1.165, 1.54) is 6.92 Å². The third kappa shape index (κ3) is 6.73. The molecule has 8 nitrogen and oxygen atoms in total. The van der Waals surface area contributed by atoms with Crippen molar-refractivity contribution in [3.05, 3.63) is 41.7 Å². The predicted octanol–water partition coefficient (Wildman–Crippen LogP) is 2.87. The zero-order valence-electron chi connectivity index (χ0n) is 15.9. The Bertz CT molecular complexity index is 818. The fourth-order valence-corrected chi connectivity index (χ4v) is 2.83. The van der Waals surface area contributed by atoms with Crippen molar-refractivity contribution < 1.29 is 28.4 Å². The Morgan fingerprint density at radius 1 is 1.21 bits per heavy atom. The fraction of sp³-hybridized carbons (Fsp3) is 0.368. The van der Waals surface area contributed by atoms with Crippen LogP contribution in [0.1, 0.15) is 30.0 Å². The first kappa shape index (κ1) is 21.5. The molecule has 0 saturated carbocycles. The number of hydrogen-bond acceptors (Lipinski definition) is 8. The highest BCUT2D eigenvalue weighted by Gasteiger charge is 2.20. The molecule has 1 aromatic carbocycles. The average Bonchev–Trinajstić information content (AvgIpc) is 3.06. The molecule has 0 radical (unpaired) electrons. The van der Waals surface area contributed by atoms with Crippen molar-refractivity contribution in [2.24, 2.45) is 0 Å². The van der Waals surface area contributed by atoms with Gasteiger partial charge in [0, 0.05) is 11.6 Å². The van der Waals surface area contributed by atoms with Gasteiger partial charge in [0.25, 0.3) is 0 Å². The van der Waals surface area contributed by atoms with Crippen LogP contribution in [0.25, 0.3) is 0 Å². The molecule has 1 atom stereocenters. The van der Waals surface area contributed by atoms with Crippen LogP contribution in [0.5, 0.6) is 5.75 Å². The summed E-state index contributed by atoms with van der Waals surface area (Å²) in [5.41, 5.74) is 0.429. The fourth-order valence-electron chi connectivity index (χ4n) is 2.23. The summed E-state index contributed by atoms with van der Waals surface area (Å²) in [6.07, 6.45) is -0.919. The normalized spacial score (nSPS) is 11.5. The summed E-state index contributed by atoms with van der Waals surface area (Å²) in [6, 6.07) is 8.22. The molecule has 1 heterocycles. The molecule has 150 valence electrons. The first-order valence-corrected chi connectivity index (χ1v) is 9.82. The van der Waals surface area contributed by atoms with Crippen molar-refractivity contribution in [3.63, 3.8) is 0 Å². The van der Waals surface area contributed by atoms with Crippen molar-refractivity contribution in [1.29, 1.82) is 0 Å². The minimum absolute atomic E-state index is 0.0439. The molecule has 0 saturated heterocycles. The zero-order chi connectivity index (χ0) is 20.5. The number of amides is 1. The van der Waals surface area contributed by atoms with Crippen LogP contribution in [0.4, 0.5) is 5.82 Å². The van der Waals surface area contributed by atoms with Crippen molar-refractivity contribution in [2.75, 3.05) is 23.4 Å². The number of esters is 1. The molecule has 0 bridgehead atoms. The van der Waals surface area contributed by atoms with Crippen LogP contribution in [0.2, 0.25) is 0 Å². The molecule has 0 aliphatic rings. The molecule has 9 heteroatoms. The second kappa shape index (κ2) is 10.5. The summed E-state index contributed by atoms with van der Waals surface area (Å²) in [5.74, 6) is 0.373. The second-order valence-corrected chi connectivity index (χ2v) is 6.80. The summed E-state index contributed by atoms with van der Waals surface area (Å²) >= 11 is 1.08. The van der Waals surface area contributed by atoms with E-state index in [4.69, 9.17) is 14.0 Å². The van der Waals surface area contributed by atoms with Crippen LogP contribution in [0.15, 0.2) is 34.9 Å². The van der Waals surface area contributed by atoms with E-state index < -0.39 is 12.1 Å². The molecule has 2 aromatic rings. The number of carbonyl (C=O) groups excluding carboxylic acids is 3. The van der Waals surface area contributed by atoms with Gasteiger partial charge in [-0.2, -0.15) is 0 Å². The summed E-state index contributed by atoms with van der Waals surface area (Å²) in [7, 11) is 0. The Labute approximate surface area is 166 Å². The smallest absolute Gasteiger partial charge is 0.316 e. The number of nitrogens with zero attached hydrogens (tertiary/aromatic N) is 1. The van der Waals surface area contributed by atoms with E-state index in [9.17, 15) is 14.4 Å². The number of benzene rings is 1. The lowest BCUT2D eigenvalue weighted by Gasteiger charge is -2.12. The van der Waals surface area contributed by atoms with Crippen molar-refractivity contribution >= 4 is 35.2 Å². The molecular formula is C19H22N2O6S. The largest absolute Gasteiger partial charge is 0.494 e. The number of aromatic nitrogens is 1. The Hall–Kier alpha value is -2.81. The molecule has 1 N–H and O–H groups in total. The maximum absolute atomic E-state index is 12.3. The van der Waals surface area contributed by atoms with Crippen LogP contribution >= 0.6 is 11.8 Å². The number of nitrogens with one attached hydrogen (secondary N) is 1. The van der Waals surface area contributed by atoms with Crippen LogP contribution < -0.4 is 10.1 Å². The number of rotatable bonds is 10. The minimum Gasteiger partial charge on any atom is -0.494 e. The third-order valence-electron chi connectivity index (χ3n) is 3.48. The van der Waals surface area contributed by atoms with Gasteiger partial charge < -0.3 is 19.3 Å². The van der Waals surface area contributed by atoms with Gasteiger partial charge in [-0.3, -0.25) is 14.4 Å². The Morgan fingerprint density at radius 2 is 1.93 bits per heavy atom. The summed E-state index contributed by atoms with van der Waals surface area (Å²) in [4.78, 5) is 36.0. The van der Waals surface area contributed by atoms with E-state index in [-0.39, 0.29) is 23.2 Å². The lowest BCUT2D eigenvalue weighted by Crippen LogP contribution is -2.25. The molecule has 1 aromatic heterocycles. The molecular weight excluding hydrogens is 384 g/mol. The highest BCUT2D eigenvalue weighted by atomic mass is 32.2. The van der Waals surface area contributed by atoms with Gasteiger partial charge >= 0.3 is 5.97 Å². The van der Waals surface area contributed by atoms with Crippen LogP contribution in [0.3, 0.4) is 0 Å². The third-order valence-corrected chi connectivity index (χ3v) is 4.38. The van der Waals surface area contributed by atoms with Crippen molar-refractivity contribution in [1.82, 2.24) is 5.16 Å². The lowest BCUT2D eigenvalue weighted by molar-refractivity contribution is -0.143. The minimum atomic E-state index is -0.919.